The van der Waals surface area contributed by atoms with Crippen LogP contribution in [0.15, 0.2) is 42.6 Å². The number of carbonyl (C=O) groups is 1. The number of pyridine rings is 1. The molecule has 1 amide bonds. The molecule has 0 N–H and O–H groups in total. The van der Waals surface area contributed by atoms with Gasteiger partial charge in [-0.3, -0.25) is 9.69 Å². The van der Waals surface area contributed by atoms with E-state index < -0.39 is 11.2 Å². The molecule has 0 bridgehead atoms. The summed E-state index contributed by atoms with van der Waals surface area (Å²) in [7, 11) is 0. The normalized spacial score (nSPS) is 18.6. The van der Waals surface area contributed by atoms with Gasteiger partial charge in [0.1, 0.15) is 17.0 Å². The third-order valence-electron chi connectivity index (χ3n) is 3.01. The van der Waals surface area contributed by atoms with Crippen LogP contribution in [0, 0.1) is 5.82 Å². The van der Waals surface area contributed by atoms with E-state index in [9.17, 15) is 9.18 Å². The molecule has 1 fully saturated rings. The van der Waals surface area contributed by atoms with Crippen LogP contribution >= 0.6 is 23.4 Å². The molecule has 1 aliphatic heterocycles. The predicted octanol–water partition coefficient (Wildman–Crippen LogP) is 3.65. The molecular formula is C14H10ClFN2OS. The highest BCUT2D eigenvalue weighted by Crippen LogP contribution is 2.44. The fourth-order valence-corrected chi connectivity index (χ4v) is 3.68. The van der Waals surface area contributed by atoms with E-state index in [1.807, 2.05) is 0 Å². The average Bonchev–Trinajstić information content (AvgIpc) is 2.81. The molecule has 0 spiro atoms. The lowest BCUT2D eigenvalue weighted by molar-refractivity contribution is -0.115. The van der Waals surface area contributed by atoms with Crippen molar-refractivity contribution in [1.82, 2.24) is 4.98 Å². The monoisotopic (exact) mass is 308 g/mol. The fourth-order valence-electron chi connectivity index (χ4n) is 2.13. The summed E-state index contributed by atoms with van der Waals surface area (Å²) < 4.78 is 14.1. The first-order chi connectivity index (χ1) is 9.68. The standard InChI is InChI=1S/C14H10ClFN2OS/c15-9-4-3-5-10(16)13(9)14-18(12(19)8-20-14)11-6-1-2-7-17-11/h1-7,14H,8H2/t14-/m1/s1. The van der Waals surface area contributed by atoms with Crippen molar-refractivity contribution in [2.75, 3.05) is 10.7 Å². The number of halogens is 2. The first kappa shape index (κ1) is 13.4. The van der Waals surface area contributed by atoms with Gasteiger partial charge in [0.05, 0.1) is 5.75 Å². The van der Waals surface area contributed by atoms with E-state index in [1.54, 1.807) is 36.5 Å². The molecule has 1 aliphatic rings. The van der Waals surface area contributed by atoms with E-state index in [2.05, 4.69) is 4.98 Å². The summed E-state index contributed by atoms with van der Waals surface area (Å²) in [6.07, 6.45) is 1.60. The first-order valence-corrected chi connectivity index (χ1v) is 7.40. The van der Waals surface area contributed by atoms with E-state index in [1.165, 1.54) is 22.7 Å². The van der Waals surface area contributed by atoms with E-state index >= 15 is 0 Å². The van der Waals surface area contributed by atoms with Crippen LogP contribution < -0.4 is 4.90 Å². The summed E-state index contributed by atoms with van der Waals surface area (Å²) in [6.45, 7) is 0. The molecule has 1 atom stereocenters. The van der Waals surface area contributed by atoms with Gasteiger partial charge in [-0.25, -0.2) is 9.37 Å². The summed E-state index contributed by atoms with van der Waals surface area (Å²) in [5, 5.41) is -0.163. The lowest BCUT2D eigenvalue weighted by Gasteiger charge is -2.24. The van der Waals surface area contributed by atoms with Crippen LogP contribution in [0.5, 0.6) is 0 Å². The second-order valence-corrected chi connectivity index (χ2v) is 5.73. The number of thioether (sulfide) groups is 1. The van der Waals surface area contributed by atoms with Gasteiger partial charge in [-0.05, 0) is 24.3 Å². The number of hydrogen-bond donors (Lipinski definition) is 0. The molecule has 0 aliphatic carbocycles. The maximum absolute atomic E-state index is 14.1. The van der Waals surface area contributed by atoms with Crippen LogP contribution in [-0.2, 0) is 4.79 Å². The molecule has 102 valence electrons. The Labute approximate surface area is 124 Å². The van der Waals surface area contributed by atoms with Crippen molar-refractivity contribution >= 4 is 35.1 Å². The number of benzene rings is 1. The zero-order chi connectivity index (χ0) is 14.1. The number of hydrogen-bond acceptors (Lipinski definition) is 3. The van der Waals surface area contributed by atoms with Gasteiger partial charge in [0.25, 0.3) is 0 Å². The zero-order valence-electron chi connectivity index (χ0n) is 10.3. The van der Waals surface area contributed by atoms with Crippen LogP contribution in [0.25, 0.3) is 0 Å². The van der Waals surface area contributed by atoms with Crippen LogP contribution in [0.3, 0.4) is 0 Å². The van der Waals surface area contributed by atoms with Crippen molar-refractivity contribution in [3.63, 3.8) is 0 Å². The highest BCUT2D eigenvalue weighted by molar-refractivity contribution is 8.00. The number of amides is 1. The largest absolute Gasteiger partial charge is 0.279 e. The Hall–Kier alpha value is -1.59. The molecule has 0 saturated carbocycles. The topological polar surface area (TPSA) is 33.2 Å². The number of nitrogens with zero attached hydrogens (tertiary/aromatic N) is 2. The summed E-state index contributed by atoms with van der Waals surface area (Å²) in [5.74, 6) is 0.279. The Morgan fingerprint density at radius 2 is 2.15 bits per heavy atom. The molecule has 0 radical (unpaired) electrons. The van der Waals surface area contributed by atoms with Gasteiger partial charge in [-0.15, -0.1) is 11.8 Å². The van der Waals surface area contributed by atoms with Crippen molar-refractivity contribution in [2.45, 2.75) is 5.37 Å². The minimum Gasteiger partial charge on any atom is -0.279 e. The molecule has 3 nitrogen and oxygen atoms in total. The highest BCUT2D eigenvalue weighted by Gasteiger charge is 2.37. The third-order valence-corrected chi connectivity index (χ3v) is 4.52. The maximum atomic E-state index is 14.1. The van der Waals surface area contributed by atoms with Crippen LogP contribution in [0.1, 0.15) is 10.9 Å². The molecule has 2 aromatic rings. The Morgan fingerprint density at radius 1 is 1.30 bits per heavy atom. The van der Waals surface area contributed by atoms with Crippen molar-refractivity contribution < 1.29 is 9.18 Å². The predicted molar refractivity (Wildman–Crippen MR) is 78.3 cm³/mol. The molecule has 6 heteroatoms. The van der Waals surface area contributed by atoms with Gasteiger partial charge in [0, 0.05) is 16.8 Å². The van der Waals surface area contributed by atoms with Crippen molar-refractivity contribution in [1.29, 1.82) is 0 Å². The second kappa shape index (κ2) is 5.42. The summed E-state index contributed by atoms with van der Waals surface area (Å²) >= 11 is 7.45. The second-order valence-electron chi connectivity index (χ2n) is 4.25. The summed E-state index contributed by atoms with van der Waals surface area (Å²) in [4.78, 5) is 17.7. The zero-order valence-corrected chi connectivity index (χ0v) is 11.9. The minimum atomic E-state index is -0.480. The van der Waals surface area contributed by atoms with E-state index in [4.69, 9.17) is 11.6 Å². The Morgan fingerprint density at radius 3 is 2.85 bits per heavy atom. The molecule has 1 aromatic carbocycles. The van der Waals surface area contributed by atoms with Crippen LogP contribution in [-0.4, -0.2) is 16.6 Å². The van der Waals surface area contributed by atoms with Gasteiger partial charge in [0.2, 0.25) is 5.91 Å². The Bertz CT molecular complexity index is 633. The summed E-state index contributed by atoms with van der Waals surface area (Å²) in [6, 6.07) is 9.81. The Balaban J connectivity index is 2.07. The molecule has 3 rings (SSSR count). The Kier molecular flexibility index (Phi) is 3.63. The van der Waals surface area contributed by atoms with Crippen molar-refractivity contribution in [3.8, 4) is 0 Å². The van der Waals surface area contributed by atoms with Gasteiger partial charge in [-0.1, -0.05) is 23.7 Å². The lowest BCUT2D eigenvalue weighted by Crippen LogP contribution is -2.29. The number of anilines is 1. The number of rotatable bonds is 2. The van der Waals surface area contributed by atoms with Crippen molar-refractivity contribution in [2.24, 2.45) is 0 Å². The SMILES string of the molecule is O=C1CS[C@H](c2c(F)cccc2Cl)N1c1ccccn1. The molecule has 0 unspecified atom stereocenters. The smallest absolute Gasteiger partial charge is 0.239 e. The third kappa shape index (κ3) is 2.27. The quantitative estimate of drug-likeness (QED) is 0.849. The van der Waals surface area contributed by atoms with Crippen molar-refractivity contribution in [3.05, 3.63) is 59.0 Å². The molecule has 1 aromatic heterocycles. The molecule has 1 saturated heterocycles. The minimum absolute atomic E-state index is 0.0991. The van der Waals surface area contributed by atoms with Crippen LogP contribution in [0.4, 0.5) is 10.2 Å². The molecule has 2 heterocycles. The fraction of sp³-hybridized carbons (Fsp3) is 0.143. The number of aromatic nitrogens is 1. The first-order valence-electron chi connectivity index (χ1n) is 5.97. The molecular weight excluding hydrogens is 299 g/mol. The summed E-state index contributed by atoms with van der Waals surface area (Å²) in [5.41, 5.74) is 0.329. The lowest BCUT2D eigenvalue weighted by atomic mass is 10.2. The van der Waals surface area contributed by atoms with E-state index in [0.29, 0.717) is 16.4 Å². The molecule has 20 heavy (non-hydrogen) atoms. The van der Waals surface area contributed by atoms with Gasteiger partial charge < -0.3 is 0 Å². The van der Waals surface area contributed by atoms with Gasteiger partial charge in [0.15, 0.2) is 0 Å². The number of carbonyl (C=O) groups excluding carboxylic acids is 1. The van der Waals surface area contributed by atoms with Gasteiger partial charge >= 0.3 is 0 Å². The van der Waals surface area contributed by atoms with Crippen LogP contribution in [0.2, 0.25) is 5.02 Å². The van der Waals surface area contributed by atoms with E-state index in [0.717, 1.165) is 0 Å². The van der Waals surface area contributed by atoms with E-state index in [-0.39, 0.29) is 11.7 Å². The highest BCUT2D eigenvalue weighted by atomic mass is 35.5. The van der Waals surface area contributed by atoms with Gasteiger partial charge in [-0.2, -0.15) is 0 Å². The maximum Gasteiger partial charge on any atom is 0.239 e. The average molecular weight is 309 g/mol.